The van der Waals surface area contributed by atoms with Gasteiger partial charge in [-0.15, -0.1) is 0 Å². The molecule has 1 aliphatic heterocycles. The Bertz CT molecular complexity index is 554. The van der Waals surface area contributed by atoms with Gasteiger partial charge in [0, 0.05) is 24.7 Å². The first-order valence-electron chi connectivity index (χ1n) is 8.13. The van der Waals surface area contributed by atoms with E-state index < -0.39 is 0 Å². The van der Waals surface area contributed by atoms with E-state index in [1.165, 1.54) is 0 Å². The summed E-state index contributed by atoms with van der Waals surface area (Å²) in [5.41, 5.74) is 2.03. The molecule has 0 radical (unpaired) electrons. The van der Waals surface area contributed by atoms with Crippen LogP contribution in [0.25, 0.3) is 0 Å². The van der Waals surface area contributed by atoms with Crippen molar-refractivity contribution in [1.29, 1.82) is 0 Å². The van der Waals surface area contributed by atoms with Crippen molar-refractivity contribution in [3.63, 3.8) is 0 Å². The van der Waals surface area contributed by atoms with Crippen LogP contribution in [0.4, 0.5) is 5.69 Å². The highest BCUT2D eigenvalue weighted by Crippen LogP contribution is 2.28. The van der Waals surface area contributed by atoms with E-state index in [2.05, 4.69) is 25.2 Å². The first-order chi connectivity index (χ1) is 10.4. The van der Waals surface area contributed by atoms with E-state index in [1.807, 2.05) is 32.0 Å². The summed E-state index contributed by atoms with van der Waals surface area (Å²) in [6.45, 7) is 8.78. The maximum absolute atomic E-state index is 12.5. The van der Waals surface area contributed by atoms with Crippen LogP contribution < -0.4 is 5.32 Å². The van der Waals surface area contributed by atoms with Crippen LogP contribution in [-0.4, -0.2) is 29.3 Å². The van der Waals surface area contributed by atoms with Crippen molar-refractivity contribution in [2.75, 3.05) is 11.9 Å². The molecule has 2 atom stereocenters. The molecule has 1 N–H and O–H groups in total. The predicted octanol–water partition coefficient (Wildman–Crippen LogP) is 3.40. The van der Waals surface area contributed by atoms with Crippen LogP contribution in [0.5, 0.6) is 0 Å². The molecule has 1 aromatic carbocycles. The maximum atomic E-state index is 12.5. The van der Waals surface area contributed by atoms with Crippen molar-refractivity contribution < 1.29 is 9.59 Å². The summed E-state index contributed by atoms with van der Waals surface area (Å²) in [7, 11) is 0. The van der Waals surface area contributed by atoms with Gasteiger partial charge in [-0.1, -0.05) is 32.0 Å². The zero-order valence-electron chi connectivity index (χ0n) is 13.9. The van der Waals surface area contributed by atoms with Gasteiger partial charge in [0.15, 0.2) is 0 Å². The molecule has 1 aromatic rings. The molecule has 4 heteroatoms. The molecule has 2 rings (SSSR count). The minimum atomic E-state index is -0.250. The van der Waals surface area contributed by atoms with E-state index in [1.54, 1.807) is 4.90 Å². The van der Waals surface area contributed by atoms with Gasteiger partial charge in [-0.25, -0.2) is 0 Å². The minimum Gasteiger partial charge on any atom is -0.339 e. The normalized spacial score (nSPS) is 19.6. The van der Waals surface area contributed by atoms with Crippen LogP contribution in [-0.2, 0) is 9.59 Å². The number of nitrogens with zero attached hydrogens (tertiary/aromatic N) is 1. The third kappa shape index (κ3) is 3.49. The maximum Gasteiger partial charge on any atom is 0.229 e. The number of likely N-dealkylation sites (tertiary alicyclic amines) is 1. The van der Waals surface area contributed by atoms with Gasteiger partial charge in [0.2, 0.25) is 11.8 Å². The van der Waals surface area contributed by atoms with E-state index in [0.29, 0.717) is 18.9 Å². The van der Waals surface area contributed by atoms with Crippen LogP contribution in [0.1, 0.15) is 52.0 Å². The number of benzene rings is 1. The second kappa shape index (κ2) is 6.95. The minimum absolute atomic E-state index is 0.0488. The van der Waals surface area contributed by atoms with Crippen molar-refractivity contribution in [3.8, 4) is 0 Å². The Morgan fingerprint density at radius 1 is 1.32 bits per heavy atom. The van der Waals surface area contributed by atoms with Crippen LogP contribution >= 0.6 is 0 Å². The molecule has 0 aromatic heterocycles. The first kappa shape index (κ1) is 16.5. The summed E-state index contributed by atoms with van der Waals surface area (Å²) >= 11 is 0. The molecule has 0 saturated carbocycles. The summed E-state index contributed by atoms with van der Waals surface area (Å²) in [5, 5.41) is 3.03. The Morgan fingerprint density at radius 3 is 2.59 bits per heavy atom. The lowest BCUT2D eigenvalue weighted by molar-refractivity contribution is -0.129. The van der Waals surface area contributed by atoms with Gasteiger partial charge in [0.25, 0.3) is 0 Å². The average molecular weight is 302 g/mol. The van der Waals surface area contributed by atoms with E-state index in [-0.39, 0.29) is 23.8 Å². The Kier molecular flexibility index (Phi) is 5.22. The topological polar surface area (TPSA) is 49.4 Å². The fraction of sp³-hybridized carbons (Fsp3) is 0.556. The molecule has 1 fully saturated rings. The first-order valence-corrected chi connectivity index (χ1v) is 8.13. The van der Waals surface area contributed by atoms with Crippen LogP contribution in [0.3, 0.4) is 0 Å². The van der Waals surface area contributed by atoms with Crippen LogP contribution in [0.2, 0.25) is 0 Å². The van der Waals surface area contributed by atoms with Gasteiger partial charge < -0.3 is 10.2 Å². The molecule has 1 heterocycles. The smallest absolute Gasteiger partial charge is 0.229 e. The fourth-order valence-electron chi connectivity index (χ4n) is 2.90. The lowest BCUT2D eigenvalue weighted by Crippen LogP contribution is -2.33. The molecule has 120 valence electrons. The van der Waals surface area contributed by atoms with E-state index in [9.17, 15) is 9.59 Å². The van der Waals surface area contributed by atoms with Crippen LogP contribution in [0.15, 0.2) is 24.3 Å². The van der Waals surface area contributed by atoms with Gasteiger partial charge in [-0.05, 0) is 37.8 Å². The largest absolute Gasteiger partial charge is 0.339 e. The third-order valence-electron chi connectivity index (χ3n) is 4.51. The summed E-state index contributed by atoms with van der Waals surface area (Å²) in [5.74, 6) is 0.173. The molecule has 0 bridgehead atoms. The van der Waals surface area contributed by atoms with Crippen molar-refractivity contribution in [1.82, 2.24) is 4.90 Å². The van der Waals surface area contributed by atoms with Gasteiger partial charge in [-0.2, -0.15) is 0 Å². The van der Waals surface area contributed by atoms with Crippen LogP contribution in [0, 0.1) is 5.92 Å². The monoisotopic (exact) mass is 302 g/mol. The van der Waals surface area contributed by atoms with E-state index in [0.717, 1.165) is 17.7 Å². The molecule has 0 aliphatic carbocycles. The number of hydrogen-bond donors (Lipinski definition) is 1. The van der Waals surface area contributed by atoms with Crippen molar-refractivity contribution >= 4 is 17.5 Å². The van der Waals surface area contributed by atoms with Crippen molar-refractivity contribution in [3.05, 3.63) is 29.8 Å². The summed E-state index contributed by atoms with van der Waals surface area (Å²) in [4.78, 5) is 26.2. The molecule has 22 heavy (non-hydrogen) atoms. The zero-order valence-corrected chi connectivity index (χ0v) is 13.9. The highest BCUT2D eigenvalue weighted by molar-refractivity contribution is 5.97. The lowest BCUT2D eigenvalue weighted by atomic mass is 9.96. The number of rotatable bonds is 5. The lowest BCUT2D eigenvalue weighted by Gasteiger charge is -2.21. The molecule has 0 unspecified atom stereocenters. The highest BCUT2D eigenvalue weighted by atomic mass is 16.2. The standard InChI is InChI=1S/C18H26N2O2/c1-5-13(4)15-8-6-7-9-16(15)19-18(22)14-10-17(21)20(11-14)12(2)3/h6-9,12-14H,5,10-11H2,1-4H3,(H,19,22)/t13-,14-/m1/s1. The second-order valence-electron chi connectivity index (χ2n) is 6.43. The number of nitrogens with one attached hydrogen (secondary N) is 1. The molecule has 1 saturated heterocycles. The number of amides is 2. The molecular weight excluding hydrogens is 276 g/mol. The summed E-state index contributed by atoms with van der Waals surface area (Å²) in [6.07, 6.45) is 1.34. The Labute approximate surface area is 132 Å². The Balaban J connectivity index is 2.09. The molecule has 4 nitrogen and oxygen atoms in total. The summed E-state index contributed by atoms with van der Waals surface area (Å²) < 4.78 is 0. The number of carbonyl (C=O) groups excluding carboxylic acids is 2. The number of hydrogen-bond acceptors (Lipinski definition) is 2. The fourth-order valence-corrected chi connectivity index (χ4v) is 2.90. The van der Waals surface area contributed by atoms with Gasteiger partial charge in [-0.3, -0.25) is 9.59 Å². The van der Waals surface area contributed by atoms with Gasteiger partial charge >= 0.3 is 0 Å². The van der Waals surface area contributed by atoms with E-state index in [4.69, 9.17) is 0 Å². The second-order valence-corrected chi connectivity index (χ2v) is 6.43. The highest BCUT2D eigenvalue weighted by Gasteiger charge is 2.35. The van der Waals surface area contributed by atoms with Gasteiger partial charge in [0.1, 0.15) is 0 Å². The SMILES string of the molecule is CC[C@@H](C)c1ccccc1NC(=O)[C@@H]1CC(=O)N(C(C)C)C1. The van der Waals surface area contributed by atoms with Crippen molar-refractivity contribution in [2.45, 2.75) is 52.5 Å². The van der Waals surface area contributed by atoms with Crippen molar-refractivity contribution in [2.24, 2.45) is 5.92 Å². The Hall–Kier alpha value is -1.84. The third-order valence-corrected chi connectivity index (χ3v) is 4.51. The zero-order chi connectivity index (χ0) is 16.3. The quantitative estimate of drug-likeness (QED) is 0.906. The average Bonchev–Trinajstić information content (AvgIpc) is 2.89. The molecule has 2 amide bonds. The predicted molar refractivity (Wildman–Crippen MR) is 88.7 cm³/mol. The molecule has 1 aliphatic rings. The Morgan fingerprint density at radius 2 is 2.00 bits per heavy atom. The number of anilines is 1. The number of para-hydroxylation sites is 1. The molecule has 0 spiro atoms. The number of carbonyl (C=O) groups is 2. The molecular formula is C18H26N2O2. The summed E-state index contributed by atoms with van der Waals surface area (Å²) in [6, 6.07) is 8.08. The van der Waals surface area contributed by atoms with E-state index >= 15 is 0 Å². The van der Waals surface area contributed by atoms with Gasteiger partial charge in [0.05, 0.1) is 5.92 Å².